The molecule has 2 rings (SSSR count). The van der Waals surface area contributed by atoms with Crippen molar-refractivity contribution in [3.63, 3.8) is 0 Å². The topological polar surface area (TPSA) is 21.3 Å². The maximum absolute atomic E-state index is 6.29. The average molecular weight is 267 g/mol. The molecular formula is C17H33NO. The molecule has 0 aromatic carbocycles. The molecule has 2 aliphatic carbocycles. The zero-order valence-corrected chi connectivity index (χ0v) is 13.4. The van der Waals surface area contributed by atoms with Crippen molar-refractivity contribution in [1.82, 2.24) is 5.32 Å². The number of ether oxygens (including phenoxy) is 1. The van der Waals surface area contributed by atoms with Gasteiger partial charge in [-0.3, -0.25) is 0 Å². The molecule has 19 heavy (non-hydrogen) atoms. The number of likely N-dealkylation sites (N-methyl/N-ethyl adjacent to an activating group) is 1. The minimum atomic E-state index is 0.463. The maximum Gasteiger partial charge on any atom is 0.0625 e. The first kappa shape index (κ1) is 15.3. The number of hydrogen-bond donors (Lipinski definition) is 1. The van der Waals surface area contributed by atoms with Gasteiger partial charge in [-0.2, -0.15) is 0 Å². The van der Waals surface area contributed by atoms with Gasteiger partial charge in [0, 0.05) is 6.04 Å². The van der Waals surface area contributed by atoms with Crippen molar-refractivity contribution < 1.29 is 4.74 Å². The van der Waals surface area contributed by atoms with E-state index in [2.05, 4.69) is 33.1 Å². The molecule has 2 aliphatic rings. The third-order valence-corrected chi connectivity index (χ3v) is 5.20. The van der Waals surface area contributed by atoms with Crippen molar-refractivity contribution in [2.75, 3.05) is 13.7 Å². The second kappa shape index (κ2) is 6.58. The first-order valence-corrected chi connectivity index (χ1v) is 8.29. The van der Waals surface area contributed by atoms with Gasteiger partial charge in [-0.05, 0) is 56.4 Å². The molecule has 0 radical (unpaired) electrons. The summed E-state index contributed by atoms with van der Waals surface area (Å²) in [7, 11) is 2.10. The number of hydrogen-bond acceptors (Lipinski definition) is 2. The Balaban J connectivity index is 1.79. The SMILES string of the molecule is CNC(COC1CC(C)CC(C)(C)C1)C1CCCC1. The molecule has 0 aromatic rings. The molecule has 3 atom stereocenters. The summed E-state index contributed by atoms with van der Waals surface area (Å²) in [5.74, 6) is 1.66. The molecule has 0 amide bonds. The Labute approximate surface area is 119 Å². The van der Waals surface area contributed by atoms with Gasteiger partial charge in [-0.1, -0.05) is 33.6 Å². The van der Waals surface area contributed by atoms with E-state index >= 15 is 0 Å². The summed E-state index contributed by atoms with van der Waals surface area (Å²) >= 11 is 0. The summed E-state index contributed by atoms with van der Waals surface area (Å²) in [4.78, 5) is 0. The van der Waals surface area contributed by atoms with E-state index in [1.54, 1.807) is 0 Å². The van der Waals surface area contributed by atoms with E-state index < -0.39 is 0 Å². The van der Waals surface area contributed by atoms with Gasteiger partial charge in [0.2, 0.25) is 0 Å². The molecule has 2 heteroatoms. The summed E-state index contributed by atoms with van der Waals surface area (Å²) < 4.78 is 6.29. The lowest BCUT2D eigenvalue weighted by molar-refractivity contribution is -0.0350. The maximum atomic E-state index is 6.29. The third-order valence-electron chi connectivity index (χ3n) is 5.20. The highest BCUT2D eigenvalue weighted by Gasteiger charge is 2.33. The Morgan fingerprint density at radius 1 is 1.21 bits per heavy atom. The van der Waals surface area contributed by atoms with E-state index in [-0.39, 0.29) is 0 Å². The van der Waals surface area contributed by atoms with Gasteiger partial charge in [0.1, 0.15) is 0 Å². The highest BCUT2D eigenvalue weighted by molar-refractivity contribution is 4.85. The van der Waals surface area contributed by atoms with E-state index in [4.69, 9.17) is 4.74 Å². The molecule has 2 fully saturated rings. The van der Waals surface area contributed by atoms with Crippen LogP contribution in [0.5, 0.6) is 0 Å². The highest BCUT2D eigenvalue weighted by Crippen LogP contribution is 2.40. The fraction of sp³-hybridized carbons (Fsp3) is 1.00. The monoisotopic (exact) mass is 267 g/mol. The van der Waals surface area contributed by atoms with Crippen LogP contribution in [0.2, 0.25) is 0 Å². The van der Waals surface area contributed by atoms with Gasteiger partial charge in [-0.25, -0.2) is 0 Å². The number of nitrogens with one attached hydrogen (secondary N) is 1. The Bertz CT molecular complexity index is 270. The third kappa shape index (κ3) is 4.46. The fourth-order valence-corrected chi connectivity index (χ4v) is 4.44. The lowest BCUT2D eigenvalue weighted by Gasteiger charge is -2.39. The van der Waals surface area contributed by atoms with Gasteiger partial charge < -0.3 is 10.1 Å². The largest absolute Gasteiger partial charge is 0.377 e. The predicted molar refractivity (Wildman–Crippen MR) is 81.3 cm³/mol. The summed E-state index contributed by atoms with van der Waals surface area (Å²) in [6.45, 7) is 8.08. The van der Waals surface area contributed by atoms with Gasteiger partial charge in [0.15, 0.2) is 0 Å². The van der Waals surface area contributed by atoms with Crippen LogP contribution in [-0.4, -0.2) is 25.8 Å². The van der Waals surface area contributed by atoms with Gasteiger partial charge >= 0.3 is 0 Å². The molecular weight excluding hydrogens is 234 g/mol. The van der Waals surface area contributed by atoms with Crippen LogP contribution >= 0.6 is 0 Å². The minimum Gasteiger partial charge on any atom is -0.377 e. The number of rotatable bonds is 5. The van der Waals surface area contributed by atoms with E-state index in [1.165, 1.54) is 44.9 Å². The highest BCUT2D eigenvalue weighted by atomic mass is 16.5. The second-order valence-corrected chi connectivity index (χ2v) is 7.81. The van der Waals surface area contributed by atoms with E-state index in [0.29, 0.717) is 17.6 Å². The Hall–Kier alpha value is -0.0800. The summed E-state index contributed by atoms with van der Waals surface area (Å²) in [6.07, 6.45) is 9.93. The van der Waals surface area contributed by atoms with Gasteiger partial charge in [0.25, 0.3) is 0 Å². The zero-order valence-electron chi connectivity index (χ0n) is 13.4. The van der Waals surface area contributed by atoms with Crippen LogP contribution in [0.4, 0.5) is 0 Å². The standard InChI is InChI=1S/C17H33NO/c1-13-9-15(11-17(2,3)10-13)19-12-16(18-4)14-7-5-6-8-14/h13-16,18H,5-12H2,1-4H3. The first-order chi connectivity index (χ1) is 9.00. The predicted octanol–water partition coefficient (Wildman–Crippen LogP) is 4.00. The van der Waals surface area contributed by atoms with E-state index in [1.807, 2.05) is 0 Å². The second-order valence-electron chi connectivity index (χ2n) is 7.81. The molecule has 0 aromatic heterocycles. The van der Waals surface area contributed by atoms with Crippen molar-refractivity contribution in [3.05, 3.63) is 0 Å². The molecule has 112 valence electrons. The quantitative estimate of drug-likeness (QED) is 0.813. The van der Waals surface area contributed by atoms with Crippen LogP contribution in [0.15, 0.2) is 0 Å². The van der Waals surface area contributed by atoms with Crippen molar-refractivity contribution >= 4 is 0 Å². The van der Waals surface area contributed by atoms with Crippen molar-refractivity contribution in [3.8, 4) is 0 Å². The summed E-state index contributed by atoms with van der Waals surface area (Å²) in [5.41, 5.74) is 0.463. The zero-order chi connectivity index (χ0) is 13.9. The Kier molecular flexibility index (Phi) is 5.30. The minimum absolute atomic E-state index is 0.463. The molecule has 2 saturated carbocycles. The average Bonchev–Trinajstić information content (AvgIpc) is 2.81. The fourth-order valence-electron chi connectivity index (χ4n) is 4.44. The van der Waals surface area contributed by atoms with Crippen molar-refractivity contribution in [1.29, 1.82) is 0 Å². The lowest BCUT2D eigenvalue weighted by Crippen LogP contribution is -2.40. The lowest BCUT2D eigenvalue weighted by atomic mass is 9.71. The van der Waals surface area contributed by atoms with Crippen LogP contribution in [0.1, 0.15) is 65.7 Å². The van der Waals surface area contributed by atoms with Crippen LogP contribution in [0.3, 0.4) is 0 Å². The van der Waals surface area contributed by atoms with Crippen LogP contribution in [0, 0.1) is 17.3 Å². The first-order valence-electron chi connectivity index (χ1n) is 8.29. The van der Waals surface area contributed by atoms with Gasteiger partial charge in [-0.15, -0.1) is 0 Å². The van der Waals surface area contributed by atoms with Crippen LogP contribution in [0.25, 0.3) is 0 Å². The van der Waals surface area contributed by atoms with E-state index in [9.17, 15) is 0 Å². The van der Waals surface area contributed by atoms with Crippen molar-refractivity contribution in [2.45, 2.75) is 77.9 Å². The van der Waals surface area contributed by atoms with Gasteiger partial charge in [0.05, 0.1) is 12.7 Å². The molecule has 0 saturated heterocycles. The van der Waals surface area contributed by atoms with Crippen molar-refractivity contribution in [2.24, 2.45) is 17.3 Å². The van der Waals surface area contributed by atoms with Crippen LogP contribution in [-0.2, 0) is 4.74 Å². The smallest absolute Gasteiger partial charge is 0.0625 e. The van der Waals surface area contributed by atoms with E-state index in [0.717, 1.165) is 18.4 Å². The molecule has 0 heterocycles. The Morgan fingerprint density at radius 3 is 2.47 bits per heavy atom. The molecule has 2 nitrogen and oxygen atoms in total. The summed E-state index contributed by atoms with van der Waals surface area (Å²) in [5, 5.41) is 3.49. The molecule has 0 aliphatic heterocycles. The molecule has 3 unspecified atom stereocenters. The molecule has 0 spiro atoms. The normalized spacial score (nSPS) is 33.5. The molecule has 1 N–H and O–H groups in total. The molecule has 0 bridgehead atoms. The summed E-state index contributed by atoms with van der Waals surface area (Å²) in [6, 6.07) is 0.572. The van der Waals surface area contributed by atoms with Crippen LogP contribution < -0.4 is 5.32 Å². The Morgan fingerprint density at radius 2 is 1.89 bits per heavy atom.